The number of carbonyl (C=O) groups is 2. The highest BCUT2D eigenvalue weighted by molar-refractivity contribution is 5.95. The molecule has 0 bridgehead atoms. The van der Waals surface area contributed by atoms with Crippen LogP contribution in [0.1, 0.15) is 62.1 Å². The molecular formula is C13H20N2O4. The number of nitrogens with zero attached hydrogens (tertiary/aromatic N) is 1. The number of carboxylic acids is 1. The van der Waals surface area contributed by atoms with Gasteiger partial charge in [-0.3, -0.25) is 4.79 Å². The molecule has 0 fully saturated rings. The summed E-state index contributed by atoms with van der Waals surface area (Å²) in [6.07, 6.45) is 0.773. The normalized spacial score (nSPS) is 12.3. The summed E-state index contributed by atoms with van der Waals surface area (Å²) in [6.45, 7) is 10.1. The number of carbonyl (C=O) groups excluding carboxylic acids is 1. The van der Waals surface area contributed by atoms with Crippen LogP contribution in [-0.4, -0.2) is 27.7 Å². The fourth-order valence-corrected chi connectivity index (χ4v) is 2.22. The van der Waals surface area contributed by atoms with Gasteiger partial charge in [0.1, 0.15) is 0 Å². The molecule has 0 aliphatic rings. The topological polar surface area (TPSA) is 92.4 Å². The van der Waals surface area contributed by atoms with Gasteiger partial charge in [-0.25, -0.2) is 4.79 Å². The van der Waals surface area contributed by atoms with E-state index in [1.54, 1.807) is 0 Å². The van der Waals surface area contributed by atoms with Gasteiger partial charge in [-0.15, -0.1) is 0 Å². The maximum absolute atomic E-state index is 12.0. The molecule has 6 nitrogen and oxygen atoms in total. The van der Waals surface area contributed by atoms with Crippen molar-refractivity contribution >= 4 is 11.9 Å². The number of nitrogens with one attached hydrogen (secondary N) is 1. The molecule has 106 valence electrons. The van der Waals surface area contributed by atoms with E-state index in [2.05, 4.69) is 35.8 Å². The predicted molar refractivity (Wildman–Crippen MR) is 69.1 cm³/mol. The highest BCUT2D eigenvalue weighted by Gasteiger charge is 2.28. The van der Waals surface area contributed by atoms with Crippen LogP contribution in [0.15, 0.2) is 10.6 Å². The molecule has 0 aliphatic heterocycles. The Kier molecular flexibility index (Phi) is 4.03. The van der Waals surface area contributed by atoms with Gasteiger partial charge in [-0.2, -0.15) is 0 Å². The van der Waals surface area contributed by atoms with E-state index in [-0.39, 0.29) is 16.9 Å². The van der Waals surface area contributed by atoms with Gasteiger partial charge in [-0.1, -0.05) is 25.9 Å². The SMILES string of the molecule is CC(C)(C)CC(C)(C)NC(=O)c1cc(C(=O)O)on1. The van der Waals surface area contributed by atoms with E-state index in [0.29, 0.717) is 0 Å². The Labute approximate surface area is 112 Å². The second-order valence-electron chi connectivity index (χ2n) is 6.46. The fourth-order valence-electron chi connectivity index (χ4n) is 2.22. The van der Waals surface area contributed by atoms with Crippen molar-refractivity contribution in [3.8, 4) is 0 Å². The van der Waals surface area contributed by atoms with Crippen LogP contribution in [-0.2, 0) is 0 Å². The quantitative estimate of drug-likeness (QED) is 0.874. The first-order chi connectivity index (χ1) is 8.50. The first kappa shape index (κ1) is 15.2. The third kappa shape index (κ3) is 4.73. The minimum atomic E-state index is -1.25. The van der Waals surface area contributed by atoms with Gasteiger partial charge in [0.2, 0.25) is 5.76 Å². The van der Waals surface area contributed by atoms with E-state index in [4.69, 9.17) is 5.11 Å². The van der Waals surface area contributed by atoms with E-state index >= 15 is 0 Å². The summed E-state index contributed by atoms with van der Waals surface area (Å²) in [4.78, 5) is 22.6. The van der Waals surface area contributed by atoms with E-state index in [0.717, 1.165) is 12.5 Å². The molecule has 1 aromatic rings. The van der Waals surface area contributed by atoms with Crippen LogP contribution >= 0.6 is 0 Å². The monoisotopic (exact) mass is 268 g/mol. The summed E-state index contributed by atoms with van der Waals surface area (Å²) < 4.78 is 4.55. The molecule has 1 heterocycles. The molecule has 2 N–H and O–H groups in total. The molecular weight excluding hydrogens is 248 g/mol. The van der Waals surface area contributed by atoms with E-state index < -0.39 is 17.4 Å². The minimum Gasteiger partial charge on any atom is -0.475 e. The number of carboxylic acid groups (broad SMARTS) is 1. The smallest absolute Gasteiger partial charge is 0.374 e. The first-order valence-electron chi connectivity index (χ1n) is 6.03. The maximum atomic E-state index is 12.0. The highest BCUT2D eigenvalue weighted by Crippen LogP contribution is 2.27. The second kappa shape index (κ2) is 5.03. The van der Waals surface area contributed by atoms with Gasteiger partial charge in [0.05, 0.1) is 0 Å². The lowest BCUT2D eigenvalue weighted by molar-refractivity contribution is 0.0650. The molecule has 0 saturated carbocycles. The summed E-state index contributed by atoms with van der Waals surface area (Å²) in [6, 6.07) is 1.12. The largest absolute Gasteiger partial charge is 0.475 e. The van der Waals surface area contributed by atoms with Crippen LogP contribution in [0.5, 0.6) is 0 Å². The number of hydrogen-bond donors (Lipinski definition) is 2. The third-order valence-electron chi connectivity index (χ3n) is 2.38. The van der Waals surface area contributed by atoms with Crippen LogP contribution in [0.4, 0.5) is 0 Å². The molecule has 19 heavy (non-hydrogen) atoms. The maximum Gasteiger partial charge on any atom is 0.374 e. The van der Waals surface area contributed by atoms with Crippen LogP contribution in [0.3, 0.4) is 0 Å². The zero-order chi connectivity index (χ0) is 14.8. The average molecular weight is 268 g/mol. The average Bonchev–Trinajstić information content (AvgIpc) is 2.60. The van der Waals surface area contributed by atoms with Gasteiger partial charge in [0.15, 0.2) is 5.69 Å². The summed E-state index contributed by atoms with van der Waals surface area (Å²) >= 11 is 0. The van der Waals surface area contributed by atoms with Crippen molar-refractivity contribution < 1.29 is 19.2 Å². The van der Waals surface area contributed by atoms with Crippen molar-refractivity contribution in [3.05, 3.63) is 17.5 Å². The molecule has 1 rings (SSSR count). The minimum absolute atomic E-state index is 0.0283. The standard InChI is InChI=1S/C13H20N2O4/c1-12(2,3)7-13(4,5)14-10(16)8-6-9(11(17)18)19-15-8/h6H,7H2,1-5H3,(H,14,16)(H,17,18). The Morgan fingerprint density at radius 2 is 1.89 bits per heavy atom. The summed E-state index contributed by atoms with van der Waals surface area (Å²) in [5, 5.41) is 15.0. The lowest BCUT2D eigenvalue weighted by Gasteiger charge is -2.33. The number of aromatic nitrogens is 1. The van der Waals surface area contributed by atoms with Crippen molar-refractivity contribution in [2.45, 2.75) is 46.6 Å². The molecule has 1 amide bonds. The van der Waals surface area contributed by atoms with Crippen LogP contribution in [0.2, 0.25) is 0 Å². The summed E-state index contributed by atoms with van der Waals surface area (Å²) in [5.41, 5.74) is -0.385. The Hall–Kier alpha value is -1.85. The van der Waals surface area contributed by atoms with Crippen LogP contribution in [0.25, 0.3) is 0 Å². The van der Waals surface area contributed by atoms with Gasteiger partial charge in [0, 0.05) is 11.6 Å². The van der Waals surface area contributed by atoms with Crippen molar-refractivity contribution in [1.29, 1.82) is 0 Å². The summed E-state index contributed by atoms with van der Waals surface area (Å²) in [7, 11) is 0. The van der Waals surface area contributed by atoms with Gasteiger partial charge in [-0.05, 0) is 25.7 Å². The molecule has 0 aromatic carbocycles. The molecule has 1 aromatic heterocycles. The molecule has 0 spiro atoms. The van der Waals surface area contributed by atoms with Crippen molar-refractivity contribution in [3.63, 3.8) is 0 Å². The van der Waals surface area contributed by atoms with E-state index in [9.17, 15) is 9.59 Å². The molecule has 0 atom stereocenters. The number of amides is 1. The summed E-state index contributed by atoms with van der Waals surface area (Å²) in [5.74, 6) is -2.04. The fraction of sp³-hybridized carbons (Fsp3) is 0.615. The van der Waals surface area contributed by atoms with Crippen LogP contribution < -0.4 is 5.32 Å². The van der Waals surface area contributed by atoms with Gasteiger partial charge >= 0.3 is 5.97 Å². The van der Waals surface area contributed by atoms with Crippen molar-refractivity contribution in [2.75, 3.05) is 0 Å². The Morgan fingerprint density at radius 3 is 2.32 bits per heavy atom. The lowest BCUT2D eigenvalue weighted by atomic mass is 9.82. The highest BCUT2D eigenvalue weighted by atomic mass is 16.5. The Balaban J connectivity index is 2.75. The van der Waals surface area contributed by atoms with Gasteiger partial charge < -0.3 is 14.9 Å². The zero-order valence-corrected chi connectivity index (χ0v) is 11.9. The number of aromatic carboxylic acids is 1. The first-order valence-corrected chi connectivity index (χ1v) is 6.03. The third-order valence-corrected chi connectivity index (χ3v) is 2.38. The molecule has 0 aliphatic carbocycles. The van der Waals surface area contributed by atoms with Gasteiger partial charge in [0.25, 0.3) is 5.91 Å². The Bertz CT molecular complexity index is 483. The van der Waals surface area contributed by atoms with Crippen LogP contribution in [0, 0.1) is 5.41 Å². The molecule has 0 radical (unpaired) electrons. The van der Waals surface area contributed by atoms with E-state index in [1.807, 2.05) is 13.8 Å². The molecule has 0 saturated heterocycles. The Morgan fingerprint density at radius 1 is 1.32 bits per heavy atom. The second-order valence-corrected chi connectivity index (χ2v) is 6.46. The zero-order valence-electron chi connectivity index (χ0n) is 11.9. The number of rotatable bonds is 4. The van der Waals surface area contributed by atoms with E-state index in [1.165, 1.54) is 0 Å². The number of hydrogen-bond acceptors (Lipinski definition) is 4. The molecule has 6 heteroatoms. The lowest BCUT2D eigenvalue weighted by Crippen LogP contribution is -2.45. The van der Waals surface area contributed by atoms with Crippen molar-refractivity contribution in [2.24, 2.45) is 5.41 Å². The molecule has 0 unspecified atom stereocenters. The predicted octanol–water partition coefficient (Wildman–Crippen LogP) is 2.32. The van der Waals surface area contributed by atoms with Crippen molar-refractivity contribution in [1.82, 2.24) is 10.5 Å².